The first-order valence-electron chi connectivity index (χ1n) is 7.39. The Morgan fingerprint density at radius 2 is 2.14 bits per heavy atom. The van der Waals surface area contributed by atoms with Gasteiger partial charge in [-0.1, -0.05) is 0 Å². The van der Waals surface area contributed by atoms with Crippen molar-refractivity contribution in [1.82, 2.24) is 9.78 Å². The summed E-state index contributed by atoms with van der Waals surface area (Å²) in [5.74, 6) is 1.23. The van der Waals surface area contributed by atoms with Crippen molar-refractivity contribution < 1.29 is 14.3 Å². The molecule has 0 atom stereocenters. The van der Waals surface area contributed by atoms with Crippen LogP contribution in [0.15, 0.2) is 6.20 Å². The number of hydrogen-bond acceptors (Lipinski definition) is 4. The van der Waals surface area contributed by atoms with Crippen molar-refractivity contribution in [2.45, 2.75) is 32.4 Å². The number of carbonyl (C=O) groups is 1. The van der Waals surface area contributed by atoms with Gasteiger partial charge in [-0.3, -0.25) is 0 Å². The molecule has 5 nitrogen and oxygen atoms in total. The fourth-order valence-corrected chi connectivity index (χ4v) is 2.61. The molecule has 2 rings (SSSR count). The molecule has 0 unspecified atom stereocenters. The molecule has 0 amide bonds. The second-order valence-corrected chi connectivity index (χ2v) is 10.9. The Labute approximate surface area is 128 Å². The number of aromatic nitrogens is 2. The van der Waals surface area contributed by atoms with Gasteiger partial charge in [-0.2, -0.15) is 5.10 Å². The SMILES string of the molecule is CCOC(=O)c1cn(COCCS(C)(C)C)nc1C1CC1. The predicted octanol–water partition coefficient (Wildman–Crippen LogP) is 2.61. The maximum absolute atomic E-state index is 12.0. The van der Waals surface area contributed by atoms with Crippen molar-refractivity contribution in [1.29, 1.82) is 0 Å². The van der Waals surface area contributed by atoms with Gasteiger partial charge in [-0.25, -0.2) is 19.5 Å². The average Bonchev–Trinajstić information content (AvgIpc) is 3.14. The molecular formula is C15H26N2O3S. The second-order valence-electron chi connectivity index (χ2n) is 6.29. The van der Waals surface area contributed by atoms with Crippen LogP contribution in [0.3, 0.4) is 0 Å². The number of ether oxygens (including phenoxy) is 2. The van der Waals surface area contributed by atoms with Gasteiger partial charge in [0.15, 0.2) is 0 Å². The highest BCUT2D eigenvalue weighted by atomic mass is 32.3. The molecule has 21 heavy (non-hydrogen) atoms. The lowest BCUT2D eigenvalue weighted by atomic mass is 10.2. The number of esters is 1. The number of rotatable bonds is 8. The zero-order valence-electron chi connectivity index (χ0n) is 13.4. The number of carbonyl (C=O) groups excluding carboxylic acids is 1. The van der Waals surface area contributed by atoms with E-state index in [1.807, 2.05) is 6.92 Å². The van der Waals surface area contributed by atoms with E-state index in [1.165, 1.54) is 0 Å². The molecule has 0 N–H and O–H groups in total. The number of nitrogens with zero attached hydrogens (tertiary/aromatic N) is 2. The van der Waals surface area contributed by atoms with Gasteiger partial charge < -0.3 is 9.47 Å². The van der Waals surface area contributed by atoms with Crippen molar-refractivity contribution >= 4 is 16.0 Å². The van der Waals surface area contributed by atoms with E-state index in [-0.39, 0.29) is 5.97 Å². The first-order chi connectivity index (χ1) is 9.90. The monoisotopic (exact) mass is 314 g/mol. The van der Waals surface area contributed by atoms with E-state index >= 15 is 0 Å². The van der Waals surface area contributed by atoms with E-state index < -0.39 is 10.0 Å². The maximum Gasteiger partial charge on any atom is 0.341 e. The minimum absolute atomic E-state index is 0.273. The molecular weight excluding hydrogens is 288 g/mol. The van der Waals surface area contributed by atoms with Gasteiger partial charge in [-0.05, 0) is 38.5 Å². The largest absolute Gasteiger partial charge is 0.462 e. The van der Waals surface area contributed by atoms with Crippen LogP contribution in [0.4, 0.5) is 0 Å². The normalized spacial score (nSPS) is 16.0. The third kappa shape index (κ3) is 5.04. The molecule has 120 valence electrons. The molecule has 0 aromatic carbocycles. The summed E-state index contributed by atoms with van der Waals surface area (Å²) in [7, 11) is -0.535. The van der Waals surface area contributed by atoms with E-state index in [1.54, 1.807) is 10.9 Å². The quantitative estimate of drug-likeness (QED) is 0.547. The molecule has 1 heterocycles. The molecule has 1 aromatic heterocycles. The molecule has 0 spiro atoms. The fraction of sp³-hybridized carbons (Fsp3) is 0.733. The first kappa shape index (κ1) is 16.4. The maximum atomic E-state index is 12.0. The molecule has 1 fully saturated rings. The summed E-state index contributed by atoms with van der Waals surface area (Å²) < 4.78 is 12.5. The summed E-state index contributed by atoms with van der Waals surface area (Å²) in [6.07, 6.45) is 10.8. The van der Waals surface area contributed by atoms with Crippen LogP contribution in [0.1, 0.15) is 41.7 Å². The van der Waals surface area contributed by atoms with E-state index in [0.29, 0.717) is 24.8 Å². The summed E-state index contributed by atoms with van der Waals surface area (Å²) in [6, 6.07) is 0. The Morgan fingerprint density at radius 1 is 1.43 bits per heavy atom. The summed E-state index contributed by atoms with van der Waals surface area (Å²) in [6.45, 7) is 3.33. The van der Waals surface area contributed by atoms with Crippen molar-refractivity contribution in [3.63, 3.8) is 0 Å². The molecule has 0 bridgehead atoms. The Kier molecular flexibility index (Phi) is 5.32. The minimum atomic E-state index is -0.535. The summed E-state index contributed by atoms with van der Waals surface area (Å²) >= 11 is 0. The van der Waals surface area contributed by atoms with Crippen molar-refractivity contribution in [2.75, 3.05) is 37.7 Å². The summed E-state index contributed by atoms with van der Waals surface area (Å²) in [5, 5.41) is 4.51. The molecule has 0 radical (unpaired) electrons. The average molecular weight is 314 g/mol. The van der Waals surface area contributed by atoms with Crippen molar-refractivity contribution in [3.8, 4) is 0 Å². The highest BCUT2D eigenvalue weighted by Crippen LogP contribution is 2.41. The Morgan fingerprint density at radius 3 is 2.71 bits per heavy atom. The zero-order valence-corrected chi connectivity index (χ0v) is 14.2. The van der Waals surface area contributed by atoms with Gasteiger partial charge in [0.2, 0.25) is 0 Å². The molecule has 6 heteroatoms. The lowest BCUT2D eigenvalue weighted by Gasteiger charge is -2.24. The molecule has 1 saturated carbocycles. The fourth-order valence-electron chi connectivity index (χ4n) is 1.99. The third-order valence-corrected chi connectivity index (χ3v) is 4.70. The number of hydrogen-bond donors (Lipinski definition) is 0. The molecule has 0 aliphatic heterocycles. The van der Waals surface area contributed by atoms with Gasteiger partial charge in [0.25, 0.3) is 0 Å². The lowest BCUT2D eigenvalue weighted by molar-refractivity contribution is 0.0524. The van der Waals surface area contributed by atoms with Crippen molar-refractivity contribution in [3.05, 3.63) is 17.5 Å². The lowest BCUT2D eigenvalue weighted by Crippen LogP contribution is -2.10. The topological polar surface area (TPSA) is 53.4 Å². The van der Waals surface area contributed by atoms with Gasteiger partial charge >= 0.3 is 5.97 Å². The van der Waals surface area contributed by atoms with Gasteiger partial charge in [0.1, 0.15) is 12.3 Å². The second kappa shape index (κ2) is 6.83. The van der Waals surface area contributed by atoms with Crippen LogP contribution in [0.25, 0.3) is 0 Å². The summed E-state index contributed by atoms with van der Waals surface area (Å²) in [5.41, 5.74) is 1.47. The zero-order chi connectivity index (χ0) is 15.5. The van der Waals surface area contributed by atoms with E-state index in [9.17, 15) is 4.79 Å². The smallest absolute Gasteiger partial charge is 0.341 e. The third-order valence-electron chi connectivity index (χ3n) is 3.31. The van der Waals surface area contributed by atoms with E-state index in [0.717, 1.165) is 30.9 Å². The molecule has 1 aromatic rings. The van der Waals surface area contributed by atoms with Crippen LogP contribution in [0, 0.1) is 0 Å². The first-order valence-corrected chi connectivity index (χ1v) is 10.4. The minimum Gasteiger partial charge on any atom is -0.462 e. The van der Waals surface area contributed by atoms with Crippen LogP contribution >= 0.6 is 10.0 Å². The summed E-state index contributed by atoms with van der Waals surface area (Å²) in [4.78, 5) is 12.0. The van der Waals surface area contributed by atoms with Gasteiger partial charge in [0, 0.05) is 17.9 Å². The Hall–Kier alpha value is -1.01. The van der Waals surface area contributed by atoms with Crippen LogP contribution in [0.5, 0.6) is 0 Å². The highest BCUT2D eigenvalue weighted by molar-refractivity contribution is 8.32. The van der Waals surface area contributed by atoms with Gasteiger partial charge in [-0.15, -0.1) is 0 Å². The molecule has 0 saturated heterocycles. The Balaban J connectivity index is 1.94. The van der Waals surface area contributed by atoms with Crippen LogP contribution in [0.2, 0.25) is 0 Å². The molecule has 1 aliphatic carbocycles. The van der Waals surface area contributed by atoms with Crippen molar-refractivity contribution in [2.24, 2.45) is 0 Å². The Bertz CT molecular complexity index is 490. The highest BCUT2D eigenvalue weighted by Gasteiger charge is 2.32. The predicted molar refractivity (Wildman–Crippen MR) is 86.3 cm³/mol. The van der Waals surface area contributed by atoms with E-state index in [2.05, 4.69) is 23.9 Å². The van der Waals surface area contributed by atoms with Gasteiger partial charge in [0.05, 0.1) is 18.9 Å². The van der Waals surface area contributed by atoms with Crippen LogP contribution in [-0.4, -0.2) is 53.5 Å². The standard InChI is InChI=1S/C15H26N2O3S/c1-5-20-15(18)13-10-17(16-14(13)12-6-7-12)11-19-8-9-21(2,3)4/h10,12H,5-9,11H2,1-4H3. The van der Waals surface area contributed by atoms with E-state index in [4.69, 9.17) is 9.47 Å². The molecule has 1 aliphatic rings. The van der Waals surface area contributed by atoms with Crippen LogP contribution in [-0.2, 0) is 16.2 Å². The van der Waals surface area contributed by atoms with Crippen LogP contribution < -0.4 is 0 Å².